The standard InChI is InChI=1S/C9H9F2NO2/c10-8(11)6-12-9(13)14-7-4-2-1-3-5-7/h1-5,8H,6H2,(H,12,13). The van der Waals surface area contributed by atoms with Crippen LogP contribution in [0, 0.1) is 0 Å². The van der Waals surface area contributed by atoms with Crippen molar-refractivity contribution in [2.24, 2.45) is 0 Å². The van der Waals surface area contributed by atoms with E-state index in [2.05, 4.69) is 4.74 Å². The molecule has 0 fully saturated rings. The second-order valence-electron chi connectivity index (χ2n) is 2.47. The van der Waals surface area contributed by atoms with Crippen molar-refractivity contribution in [2.75, 3.05) is 6.54 Å². The SMILES string of the molecule is O=C(NCC(F)F)Oc1ccccc1. The molecule has 1 rings (SSSR count). The third-order valence-electron chi connectivity index (χ3n) is 1.35. The van der Waals surface area contributed by atoms with Gasteiger partial charge in [0.05, 0.1) is 6.54 Å². The maximum atomic E-state index is 11.7. The predicted octanol–water partition coefficient (Wildman–Crippen LogP) is 2.04. The molecule has 1 aromatic rings. The molecule has 0 aliphatic rings. The van der Waals surface area contributed by atoms with Crippen LogP contribution < -0.4 is 10.1 Å². The van der Waals surface area contributed by atoms with Gasteiger partial charge >= 0.3 is 6.09 Å². The molecule has 0 heterocycles. The minimum atomic E-state index is -2.57. The number of rotatable bonds is 3. The molecule has 1 N–H and O–H groups in total. The largest absolute Gasteiger partial charge is 0.412 e. The summed E-state index contributed by atoms with van der Waals surface area (Å²) in [4.78, 5) is 10.9. The van der Waals surface area contributed by atoms with E-state index in [1.807, 2.05) is 5.32 Å². The Morgan fingerprint density at radius 3 is 2.57 bits per heavy atom. The Balaban J connectivity index is 2.35. The van der Waals surface area contributed by atoms with Crippen LogP contribution in [0.5, 0.6) is 5.75 Å². The van der Waals surface area contributed by atoms with Crippen LogP contribution in [0.25, 0.3) is 0 Å². The maximum absolute atomic E-state index is 11.7. The van der Waals surface area contributed by atoms with Crippen LogP contribution in [0.15, 0.2) is 30.3 Å². The number of benzene rings is 1. The molecule has 1 amide bonds. The highest BCUT2D eigenvalue weighted by atomic mass is 19.3. The molecule has 0 unspecified atom stereocenters. The minimum absolute atomic E-state index is 0.319. The van der Waals surface area contributed by atoms with Crippen molar-refractivity contribution >= 4 is 6.09 Å². The Kier molecular flexibility index (Phi) is 3.84. The normalized spacial score (nSPS) is 9.93. The number of carbonyl (C=O) groups is 1. The molecule has 5 heteroatoms. The Morgan fingerprint density at radius 2 is 2.00 bits per heavy atom. The van der Waals surface area contributed by atoms with Crippen LogP contribution in [-0.2, 0) is 0 Å². The lowest BCUT2D eigenvalue weighted by atomic mass is 10.3. The van der Waals surface area contributed by atoms with Crippen molar-refractivity contribution in [3.63, 3.8) is 0 Å². The highest BCUT2D eigenvalue weighted by molar-refractivity contribution is 5.70. The number of ether oxygens (including phenoxy) is 1. The van der Waals surface area contributed by atoms with Gasteiger partial charge in [-0.1, -0.05) is 18.2 Å². The van der Waals surface area contributed by atoms with Crippen molar-refractivity contribution in [3.8, 4) is 5.75 Å². The molecule has 0 atom stereocenters. The molecule has 0 spiro atoms. The summed E-state index contributed by atoms with van der Waals surface area (Å²) in [5.74, 6) is 0.319. The van der Waals surface area contributed by atoms with Gasteiger partial charge in [0.2, 0.25) is 0 Å². The summed E-state index contributed by atoms with van der Waals surface area (Å²) < 4.78 is 28.0. The fourth-order valence-corrected chi connectivity index (χ4v) is 0.792. The van der Waals surface area contributed by atoms with Crippen LogP contribution >= 0.6 is 0 Å². The van der Waals surface area contributed by atoms with E-state index in [-0.39, 0.29) is 0 Å². The summed E-state index contributed by atoms with van der Waals surface area (Å²) in [6.07, 6.45) is -3.45. The molecule has 0 saturated carbocycles. The summed E-state index contributed by atoms with van der Waals surface area (Å²) in [5.41, 5.74) is 0. The number of para-hydroxylation sites is 1. The number of hydrogen-bond acceptors (Lipinski definition) is 2. The molecule has 0 aromatic heterocycles. The Bertz CT molecular complexity index is 290. The molecule has 0 radical (unpaired) electrons. The predicted molar refractivity (Wildman–Crippen MR) is 46.5 cm³/mol. The van der Waals surface area contributed by atoms with E-state index < -0.39 is 19.1 Å². The van der Waals surface area contributed by atoms with Crippen LogP contribution in [0.4, 0.5) is 13.6 Å². The van der Waals surface area contributed by atoms with Crippen molar-refractivity contribution in [1.82, 2.24) is 5.32 Å². The lowest BCUT2D eigenvalue weighted by Crippen LogP contribution is -2.31. The molecule has 3 nitrogen and oxygen atoms in total. The van der Waals surface area contributed by atoms with E-state index in [1.54, 1.807) is 30.3 Å². The lowest BCUT2D eigenvalue weighted by Gasteiger charge is -2.05. The van der Waals surface area contributed by atoms with Gasteiger partial charge in [0.25, 0.3) is 6.43 Å². The van der Waals surface area contributed by atoms with E-state index >= 15 is 0 Å². The van der Waals surface area contributed by atoms with Crippen LogP contribution in [0.2, 0.25) is 0 Å². The fourth-order valence-electron chi connectivity index (χ4n) is 0.792. The first-order valence-electron chi connectivity index (χ1n) is 3.97. The zero-order chi connectivity index (χ0) is 10.4. The van der Waals surface area contributed by atoms with Crippen molar-refractivity contribution in [2.45, 2.75) is 6.43 Å². The van der Waals surface area contributed by atoms with E-state index in [1.165, 1.54) is 0 Å². The number of alkyl halides is 2. The van der Waals surface area contributed by atoms with Gasteiger partial charge in [-0.2, -0.15) is 0 Å². The third kappa shape index (κ3) is 3.84. The minimum Gasteiger partial charge on any atom is -0.410 e. The second-order valence-corrected chi connectivity index (χ2v) is 2.47. The van der Waals surface area contributed by atoms with Crippen molar-refractivity contribution in [3.05, 3.63) is 30.3 Å². The smallest absolute Gasteiger partial charge is 0.410 e. The molecular weight excluding hydrogens is 192 g/mol. The van der Waals surface area contributed by atoms with Crippen LogP contribution in [0.3, 0.4) is 0 Å². The van der Waals surface area contributed by atoms with E-state index in [0.29, 0.717) is 5.75 Å². The summed E-state index contributed by atoms with van der Waals surface area (Å²) in [7, 11) is 0. The van der Waals surface area contributed by atoms with Crippen molar-refractivity contribution in [1.29, 1.82) is 0 Å². The van der Waals surface area contributed by atoms with Gasteiger partial charge < -0.3 is 10.1 Å². The van der Waals surface area contributed by atoms with Gasteiger partial charge in [0.1, 0.15) is 5.75 Å². The van der Waals surface area contributed by atoms with Gasteiger partial charge in [-0.15, -0.1) is 0 Å². The summed E-state index contributed by atoms with van der Waals surface area (Å²) in [6.45, 7) is -0.703. The molecule has 0 bridgehead atoms. The third-order valence-corrected chi connectivity index (χ3v) is 1.35. The first-order chi connectivity index (χ1) is 6.68. The highest BCUT2D eigenvalue weighted by Gasteiger charge is 2.07. The number of amides is 1. The molecule has 1 aromatic carbocycles. The summed E-state index contributed by atoms with van der Waals surface area (Å²) in [6, 6.07) is 8.22. The zero-order valence-corrected chi connectivity index (χ0v) is 7.24. The number of halogens is 2. The number of carbonyl (C=O) groups excluding carboxylic acids is 1. The topological polar surface area (TPSA) is 38.3 Å². The quantitative estimate of drug-likeness (QED) is 0.812. The number of hydrogen-bond donors (Lipinski definition) is 1. The molecule has 14 heavy (non-hydrogen) atoms. The molecule has 0 aliphatic heterocycles. The molecular formula is C9H9F2NO2. The highest BCUT2D eigenvalue weighted by Crippen LogP contribution is 2.07. The monoisotopic (exact) mass is 201 g/mol. The van der Waals surface area contributed by atoms with Gasteiger partial charge in [0.15, 0.2) is 0 Å². The van der Waals surface area contributed by atoms with Crippen molar-refractivity contribution < 1.29 is 18.3 Å². The maximum Gasteiger partial charge on any atom is 0.412 e. The van der Waals surface area contributed by atoms with Gasteiger partial charge in [-0.05, 0) is 12.1 Å². The van der Waals surface area contributed by atoms with Crippen LogP contribution in [-0.4, -0.2) is 19.1 Å². The van der Waals surface area contributed by atoms with Gasteiger partial charge in [0, 0.05) is 0 Å². The lowest BCUT2D eigenvalue weighted by molar-refractivity contribution is 0.139. The zero-order valence-electron chi connectivity index (χ0n) is 7.24. The average molecular weight is 201 g/mol. The average Bonchev–Trinajstić information content (AvgIpc) is 2.16. The number of nitrogens with one attached hydrogen (secondary N) is 1. The molecule has 0 aliphatic carbocycles. The summed E-state index contributed by atoms with van der Waals surface area (Å²) in [5, 5.41) is 1.92. The first kappa shape index (κ1) is 10.4. The van der Waals surface area contributed by atoms with Crippen LogP contribution in [0.1, 0.15) is 0 Å². The van der Waals surface area contributed by atoms with Gasteiger partial charge in [-0.25, -0.2) is 13.6 Å². The molecule has 0 saturated heterocycles. The van der Waals surface area contributed by atoms with E-state index in [0.717, 1.165) is 0 Å². The Hall–Kier alpha value is -1.65. The first-order valence-corrected chi connectivity index (χ1v) is 3.97. The van der Waals surface area contributed by atoms with Gasteiger partial charge in [-0.3, -0.25) is 0 Å². The van der Waals surface area contributed by atoms with E-state index in [4.69, 9.17) is 0 Å². The van der Waals surface area contributed by atoms with E-state index in [9.17, 15) is 13.6 Å². The molecule has 76 valence electrons. The fraction of sp³-hybridized carbons (Fsp3) is 0.222. The summed E-state index contributed by atoms with van der Waals surface area (Å²) >= 11 is 0. The Morgan fingerprint density at radius 1 is 1.36 bits per heavy atom. The Labute approximate surface area is 79.7 Å². The second kappa shape index (κ2) is 5.16.